The van der Waals surface area contributed by atoms with Crippen LogP contribution in [0.5, 0.6) is 0 Å². The van der Waals surface area contributed by atoms with Crippen molar-refractivity contribution < 1.29 is 0 Å². The van der Waals surface area contributed by atoms with E-state index in [9.17, 15) is 9.59 Å². The first kappa shape index (κ1) is 13.3. The van der Waals surface area contributed by atoms with Gasteiger partial charge >= 0.3 is 4.87 Å². The monoisotopic (exact) mass is 283 g/mol. The molecule has 0 unspecified atom stereocenters. The average molecular weight is 284 g/mol. The average Bonchev–Trinajstić information content (AvgIpc) is 2.38. The van der Waals surface area contributed by atoms with Gasteiger partial charge in [0.2, 0.25) is 0 Å². The standard InChI is InChI=1S/C13H14ClNO2S/c14-8-4-1-5-9-15-12(16)10-6-2-3-7-11(10)18-13(15)17/h2-3,6-7H,1,4-5,8-9H2. The zero-order valence-corrected chi connectivity index (χ0v) is 11.5. The van der Waals surface area contributed by atoms with Crippen molar-refractivity contribution in [3.8, 4) is 0 Å². The molecule has 0 saturated heterocycles. The van der Waals surface area contributed by atoms with Crippen LogP contribution in [0, 0.1) is 0 Å². The zero-order chi connectivity index (χ0) is 13.0. The molecule has 5 heteroatoms. The third-order valence-electron chi connectivity index (χ3n) is 2.80. The quantitative estimate of drug-likeness (QED) is 0.625. The number of fused-ring (bicyclic) bond motifs is 1. The van der Waals surface area contributed by atoms with Gasteiger partial charge in [-0.1, -0.05) is 29.9 Å². The van der Waals surface area contributed by atoms with Crippen LogP contribution in [0.3, 0.4) is 0 Å². The summed E-state index contributed by atoms with van der Waals surface area (Å²) in [5, 5.41) is 0.624. The highest BCUT2D eigenvalue weighted by atomic mass is 35.5. The van der Waals surface area contributed by atoms with Crippen LogP contribution >= 0.6 is 22.9 Å². The largest absolute Gasteiger partial charge is 0.310 e. The Hall–Kier alpha value is -1.13. The van der Waals surface area contributed by atoms with Crippen LogP contribution in [0.1, 0.15) is 19.3 Å². The molecule has 0 aliphatic rings. The normalized spacial score (nSPS) is 10.9. The van der Waals surface area contributed by atoms with Gasteiger partial charge in [-0.2, -0.15) is 0 Å². The van der Waals surface area contributed by atoms with Crippen molar-refractivity contribution in [3.63, 3.8) is 0 Å². The Morgan fingerprint density at radius 1 is 1.11 bits per heavy atom. The fourth-order valence-electron chi connectivity index (χ4n) is 1.84. The number of benzene rings is 1. The van der Waals surface area contributed by atoms with Crippen LogP contribution in [0.15, 0.2) is 33.9 Å². The third-order valence-corrected chi connectivity index (χ3v) is 4.03. The summed E-state index contributed by atoms with van der Waals surface area (Å²) in [5.74, 6) is 0.624. The molecule has 0 saturated carbocycles. The second kappa shape index (κ2) is 6.16. The van der Waals surface area contributed by atoms with E-state index in [0.717, 1.165) is 35.3 Å². The molecule has 0 bridgehead atoms. The molecule has 0 aliphatic heterocycles. The topological polar surface area (TPSA) is 39.1 Å². The highest BCUT2D eigenvalue weighted by molar-refractivity contribution is 7.16. The van der Waals surface area contributed by atoms with E-state index in [-0.39, 0.29) is 10.4 Å². The van der Waals surface area contributed by atoms with Crippen molar-refractivity contribution in [2.75, 3.05) is 5.88 Å². The second-order valence-corrected chi connectivity index (χ2v) is 5.44. The van der Waals surface area contributed by atoms with Gasteiger partial charge in [-0.25, -0.2) is 0 Å². The van der Waals surface area contributed by atoms with Crippen LogP contribution < -0.4 is 10.4 Å². The highest BCUT2D eigenvalue weighted by Gasteiger charge is 2.06. The molecule has 0 spiro atoms. The van der Waals surface area contributed by atoms with E-state index < -0.39 is 0 Å². The molecule has 2 rings (SSSR count). The fourth-order valence-corrected chi connectivity index (χ4v) is 2.92. The molecule has 1 aromatic carbocycles. The summed E-state index contributed by atoms with van der Waals surface area (Å²) in [7, 11) is 0. The van der Waals surface area contributed by atoms with Crippen LogP contribution in [0.4, 0.5) is 0 Å². The summed E-state index contributed by atoms with van der Waals surface area (Å²) < 4.78 is 2.09. The molecule has 0 amide bonds. The molecule has 2 aromatic rings. The molecule has 1 heterocycles. The minimum absolute atomic E-state index is 0.176. The van der Waals surface area contributed by atoms with Crippen molar-refractivity contribution in [2.45, 2.75) is 25.8 Å². The molecule has 0 N–H and O–H groups in total. The number of halogens is 1. The molecule has 18 heavy (non-hydrogen) atoms. The maximum Gasteiger partial charge on any atom is 0.310 e. The molecule has 0 radical (unpaired) electrons. The Balaban J connectivity index is 2.33. The number of rotatable bonds is 5. The Morgan fingerprint density at radius 3 is 2.67 bits per heavy atom. The zero-order valence-electron chi connectivity index (χ0n) is 9.89. The van der Waals surface area contributed by atoms with E-state index in [0.29, 0.717) is 17.8 Å². The molecule has 3 nitrogen and oxygen atoms in total. The Kier molecular flexibility index (Phi) is 4.55. The predicted octanol–water partition coefficient (Wildman–Crippen LogP) is 2.83. The molecule has 96 valence electrons. The molecular weight excluding hydrogens is 270 g/mol. The first-order valence-electron chi connectivity index (χ1n) is 5.92. The lowest BCUT2D eigenvalue weighted by atomic mass is 10.2. The summed E-state index contributed by atoms with van der Waals surface area (Å²) >= 11 is 6.72. The van der Waals surface area contributed by atoms with E-state index in [1.807, 2.05) is 12.1 Å². The first-order valence-corrected chi connectivity index (χ1v) is 7.28. The van der Waals surface area contributed by atoms with Crippen molar-refractivity contribution in [2.24, 2.45) is 0 Å². The SMILES string of the molecule is O=c1sc2ccccc2c(=O)n1CCCCCCl. The number of unbranched alkanes of at least 4 members (excludes halogenated alkanes) is 2. The van der Waals surface area contributed by atoms with Gasteiger partial charge < -0.3 is 0 Å². The summed E-state index contributed by atoms with van der Waals surface area (Å²) in [6, 6.07) is 7.23. The minimum Gasteiger partial charge on any atom is -0.269 e. The minimum atomic E-state index is -0.180. The lowest BCUT2D eigenvalue weighted by Crippen LogP contribution is -2.31. The number of alkyl halides is 1. The summed E-state index contributed by atoms with van der Waals surface area (Å²) in [6.07, 6.45) is 2.67. The summed E-state index contributed by atoms with van der Waals surface area (Å²) in [6.45, 7) is 0.482. The van der Waals surface area contributed by atoms with E-state index in [4.69, 9.17) is 11.6 Å². The van der Waals surface area contributed by atoms with Crippen LogP contribution in [0.2, 0.25) is 0 Å². The van der Waals surface area contributed by atoms with E-state index in [1.165, 1.54) is 4.57 Å². The van der Waals surface area contributed by atoms with Gasteiger partial charge in [0.05, 0.1) is 5.39 Å². The van der Waals surface area contributed by atoms with Crippen LogP contribution in [-0.2, 0) is 6.54 Å². The number of hydrogen-bond acceptors (Lipinski definition) is 3. The van der Waals surface area contributed by atoms with Gasteiger partial charge in [0, 0.05) is 17.1 Å². The van der Waals surface area contributed by atoms with Crippen molar-refractivity contribution >= 4 is 33.0 Å². The van der Waals surface area contributed by atoms with Gasteiger partial charge in [0.1, 0.15) is 0 Å². The molecule has 0 aliphatic carbocycles. The Morgan fingerprint density at radius 2 is 1.89 bits per heavy atom. The van der Waals surface area contributed by atoms with E-state index in [2.05, 4.69) is 0 Å². The number of aromatic nitrogens is 1. The van der Waals surface area contributed by atoms with E-state index in [1.54, 1.807) is 12.1 Å². The number of hydrogen-bond donors (Lipinski definition) is 0. The van der Waals surface area contributed by atoms with Crippen LogP contribution in [-0.4, -0.2) is 10.4 Å². The predicted molar refractivity (Wildman–Crippen MR) is 76.9 cm³/mol. The summed E-state index contributed by atoms with van der Waals surface area (Å²) in [4.78, 5) is 23.9. The first-order chi connectivity index (χ1) is 8.74. The Bertz CT molecular complexity index is 647. The van der Waals surface area contributed by atoms with Crippen LogP contribution in [0.25, 0.3) is 10.1 Å². The van der Waals surface area contributed by atoms with E-state index >= 15 is 0 Å². The second-order valence-electron chi connectivity index (χ2n) is 4.07. The number of nitrogens with zero attached hydrogens (tertiary/aromatic N) is 1. The van der Waals surface area contributed by atoms with Gasteiger partial charge in [0.15, 0.2) is 0 Å². The lowest BCUT2D eigenvalue weighted by molar-refractivity contribution is 0.585. The maximum absolute atomic E-state index is 12.2. The third kappa shape index (κ3) is 2.82. The fraction of sp³-hybridized carbons (Fsp3) is 0.385. The van der Waals surface area contributed by atoms with Gasteiger partial charge in [0.25, 0.3) is 5.56 Å². The molecular formula is C13H14ClNO2S. The van der Waals surface area contributed by atoms with Gasteiger partial charge in [-0.15, -0.1) is 11.6 Å². The summed E-state index contributed by atoms with van der Waals surface area (Å²) in [5.41, 5.74) is -0.180. The van der Waals surface area contributed by atoms with Crippen molar-refractivity contribution in [1.82, 2.24) is 4.57 Å². The van der Waals surface area contributed by atoms with Crippen molar-refractivity contribution in [1.29, 1.82) is 0 Å². The molecule has 1 aromatic heterocycles. The van der Waals surface area contributed by atoms with Gasteiger partial charge in [-0.05, 0) is 25.0 Å². The smallest absolute Gasteiger partial charge is 0.269 e. The highest BCUT2D eigenvalue weighted by Crippen LogP contribution is 2.11. The Labute approximate surface area is 114 Å². The maximum atomic E-state index is 12.2. The molecule has 0 atom stereocenters. The van der Waals surface area contributed by atoms with Gasteiger partial charge in [-0.3, -0.25) is 14.2 Å². The lowest BCUT2D eigenvalue weighted by Gasteiger charge is -2.04. The van der Waals surface area contributed by atoms with Crippen molar-refractivity contribution in [3.05, 3.63) is 44.3 Å². The molecule has 0 fully saturated rings.